The van der Waals surface area contributed by atoms with Crippen LogP contribution in [-0.2, 0) is 13.0 Å². The molecule has 1 aromatic carbocycles. The Bertz CT molecular complexity index is 466. The molecular weight excluding hydrogens is 286 g/mol. The molecule has 2 N–H and O–H groups in total. The van der Waals surface area contributed by atoms with Crippen molar-refractivity contribution in [2.75, 3.05) is 6.54 Å². The fourth-order valence-electron chi connectivity index (χ4n) is 1.88. The van der Waals surface area contributed by atoms with Crippen LogP contribution in [0.25, 0.3) is 0 Å². The second-order valence-electron chi connectivity index (χ2n) is 6.47. The first-order chi connectivity index (χ1) is 9.17. The highest BCUT2D eigenvalue weighted by Crippen LogP contribution is 2.39. The molecule has 0 aliphatic heterocycles. The summed E-state index contributed by atoms with van der Waals surface area (Å²) in [7, 11) is -2.19. The van der Waals surface area contributed by atoms with E-state index in [1.165, 1.54) is 5.56 Å². The molecule has 0 aliphatic carbocycles. The largest absolute Gasteiger partial charge is 0.432 e. The molecule has 0 unspecified atom stereocenters. The molecule has 0 saturated heterocycles. The monoisotopic (exact) mass is 311 g/mol. The van der Waals surface area contributed by atoms with Gasteiger partial charge in [-0.2, -0.15) is 0 Å². The van der Waals surface area contributed by atoms with Crippen LogP contribution in [0.3, 0.4) is 0 Å². The minimum atomic E-state index is -2.19. The zero-order valence-electron chi connectivity index (χ0n) is 13.0. The quantitative estimate of drug-likeness (QED) is 0.451. The van der Waals surface area contributed by atoms with Crippen molar-refractivity contribution in [2.24, 2.45) is 0 Å². The lowest BCUT2D eigenvalue weighted by atomic mass is 10.0. The third-order valence-electron chi connectivity index (χ3n) is 4.02. The number of nitrogens with one attached hydrogen (secondary N) is 1. The van der Waals surface area contributed by atoms with Crippen LogP contribution in [0.1, 0.15) is 25.0 Å². The summed E-state index contributed by atoms with van der Waals surface area (Å²) in [4.78, 5) is 10.4. The molecule has 1 aromatic rings. The Kier molecular flexibility index (Phi) is 6.01. The van der Waals surface area contributed by atoms with Crippen molar-refractivity contribution < 1.29 is 4.80 Å². The summed E-state index contributed by atoms with van der Waals surface area (Å²) in [5.41, 5.74) is 2.28. The predicted molar refractivity (Wildman–Crippen MR) is 90.8 cm³/mol. The van der Waals surface area contributed by atoms with E-state index in [1.807, 2.05) is 25.2 Å². The Morgan fingerprint density at radius 2 is 2.05 bits per heavy atom. The summed E-state index contributed by atoms with van der Waals surface area (Å²) in [6.07, 6.45) is 2.68. The molecule has 1 rings (SSSR count). The first kappa shape index (κ1) is 17.4. The van der Waals surface area contributed by atoms with E-state index < -0.39 is 8.32 Å². The predicted octanol–water partition coefficient (Wildman–Crippen LogP) is 4.14. The van der Waals surface area contributed by atoms with Gasteiger partial charge in [0.15, 0.2) is 8.32 Å². The standard InChI is InChI=1S/C16H26ClNOSi/c1-6-9-18-12-14-8-7-13(10-15(14)17)11-16(2,3)20(4,5)19/h6-8,10,18-19H,1,9,11-12H2,2-5H3. The minimum absolute atomic E-state index is 0.0705. The molecule has 20 heavy (non-hydrogen) atoms. The van der Waals surface area contributed by atoms with Gasteiger partial charge < -0.3 is 10.1 Å². The Labute approximate surface area is 129 Å². The van der Waals surface area contributed by atoms with Crippen LogP contribution >= 0.6 is 11.6 Å². The molecule has 0 fully saturated rings. The maximum Gasteiger partial charge on any atom is 0.188 e. The number of rotatable bonds is 7. The lowest BCUT2D eigenvalue weighted by Crippen LogP contribution is -2.40. The number of halogens is 1. The van der Waals surface area contributed by atoms with E-state index in [-0.39, 0.29) is 5.04 Å². The highest BCUT2D eigenvalue weighted by molar-refractivity contribution is 6.72. The van der Waals surface area contributed by atoms with E-state index in [9.17, 15) is 4.80 Å². The van der Waals surface area contributed by atoms with Crippen molar-refractivity contribution in [2.45, 2.75) is 44.9 Å². The van der Waals surface area contributed by atoms with Crippen molar-refractivity contribution in [3.05, 3.63) is 47.0 Å². The maximum atomic E-state index is 10.4. The summed E-state index contributed by atoms with van der Waals surface area (Å²) in [6.45, 7) is 13.4. The van der Waals surface area contributed by atoms with E-state index in [1.54, 1.807) is 0 Å². The van der Waals surface area contributed by atoms with E-state index in [4.69, 9.17) is 11.6 Å². The van der Waals surface area contributed by atoms with E-state index in [0.717, 1.165) is 30.1 Å². The molecule has 4 heteroatoms. The zero-order chi connectivity index (χ0) is 15.4. The number of hydrogen-bond donors (Lipinski definition) is 2. The number of hydrogen-bond acceptors (Lipinski definition) is 2. The van der Waals surface area contributed by atoms with Gasteiger partial charge in [-0.3, -0.25) is 0 Å². The van der Waals surface area contributed by atoms with Crippen molar-refractivity contribution in [1.82, 2.24) is 5.32 Å². The molecule has 112 valence electrons. The van der Waals surface area contributed by atoms with Crippen LogP contribution in [0.15, 0.2) is 30.9 Å². The van der Waals surface area contributed by atoms with E-state index in [0.29, 0.717) is 0 Å². The van der Waals surface area contributed by atoms with Crippen LogP contribution in [0.5, 0.6) is 0 Å². The Morgan fingerprint density at radius 3 is 2.55 bits per heavy atom. The van der Waals surface area contributed by atoms with Crippen LogP contribution < -0.4 is 5.32 Å². The normalized spacial score (nSPS) is 12.5. The molecule has 0 heterocycles. The fourth-order valence-corrected chi connectivity index (χ4v) is 2.79. The van der Waals surface area contributed by atoms with Gasteiger partial charge in [-0.05, 0) is 41.7 Å². The SMILES string of the molecule is C=CCNCc1ccc(CC(C)(C)[Si](C)(C)O)cc1Cl. The molecule has 0 aromatic heterocycles. The zero-order valence-corrected chi connectivity index (χ0v) is 14.7. The smallest absolute Gasteiger partial charge is 0.188 e. The van der Waals surface area contributed by atoms with Crippen molar-refractivity contribution >= 4 is 19.9 Å². The molecule has 0 spiro atoms. The van der Waals surface area contributed by atoms with Crippen LogP contribution in [-0.4, -0.2) is 19.7 Å². The first-order valence-electron chi connectivity index (χ1n) is 6.98. The van der Waals surface area contributed by atoms with Gasteiger partial charge in [-0.25, -0.2) is 0 Å². The highest BCUT2D eigenvalue weighted by atomic mass is 35.5. The topological polar surface area (TPSA) is 32.3 Å². The molecule has 0 saturated carbocycles. The lowest BCUT2D eigenvalue weighted by molar-refractivity contribution is 0.467. The van der Waals surface area contributed by atoms with Crippen LogP contribution in [0, 0.1) is 0 Å². The van der Waals surface area contributed by atoms with Crippen LogP contribution in [0.2, 0.25) is 23.2 Å². The van der Waals surface area contributed by atoms with Crippen molar-refractivity contribution in [3.63, 3.8) is 0 Å². The van der Waals surface area contributed by atoms with Crippen molar-refractivity contribution in [3.8, 4) is 0 Å². The molecular formula is C16H26ClNOSi. The Morgan fingerprint density at radius 1 is 1.40 bits per heavy atom. The second kappa shape index (κ2) is 6.90. The Balaban J connectivity index is 2.80. The number of benzene rings is 1. The third kappa shape index (κ3) is 4.74. The van der Waals surface area contributed by atoms with Gasteiger partial charge in [0.2, 0.25) is 0 Å². The van der Waals surface area contributed by atoms with Gasteiger partial charge in [0.1, 0.15) is 0 Å². The second-order valence-corrected chi connectivity index (χ2v) is 11.3. The lowest BCUT2D eigenvalue weighted by Gasteiger charge is -2.35. The summed E-state index contributed by atoms with van der Waals surface area (Å²) in [6, 6.07) is 6.20. The Hall–Kier alpha value is -0.613. The molecule has 0 aliphatic rings. The average molecular weight is 312 g/mol. The van der Waals surface area contributed by atoms with E-state index in [2.05, 4.69) is 37.9 Å². The van der Waals surface area contributed by atoms with E-state index >= 15 is 0 Å². The van der Waals surface area contributed by atoms with Gasteiger partial charge in [-0.1, -0.05) is 43.7 Å². The highest BCUT2D eigenvalue weighted by Gasteiger charge is 2.37. The molecule has 0 amide bonds. The van der Waals surface area contributed by atoms with Gasteiger partial charge in [0.05, 0.1) is 0 Å². The minimum Gasteiger partial charge on any atom is -0.432 e. The third-order valence-corrected chi connectivity index (χ3v) is 7.86. The molecule has 0 atom stereocenters. The summed E-state index contributed by atoms with van der Waals surface area (Å²) < 4.78 is 0. The van der Waals surface area contributed by atoms with Gasteiger partial charge >= 0.3 is 0 Å². The maximum absolute atomic E-state index is 10.4. The van der Waals surface area contributed by atoms with Gasteiger partial charge in [-0.15, -0.1) is 6.58 Å². The molecule has 0 radical (unpaired) electrons. The fraction of sp³-hybridized carbons (Fsp3) is 0.500. The van der Waals surface area contributed by atoms with Crippen LogP contribution in [0.4, 0.5) is 0 Å². The summed E-state index contributed by atoms with van der Waals surface area (Å²) in [5, 5.41) is 3.96. The molecule has 2 nitrogen and oxygen atoms in total. The summed E-state index contributed by atoms with van der Waals surface area (Å²) in [5.74, 6) is 0. The first-order valence-corrected chi connectivity index (χ1v) is 10.3. The summed E-state index contributed by atoms with van der Waals surface area (Å²) >= 11 is 6.33. The average Bonchev–Trinajstić information content (AvgIpc) is 2.30. The molecule has 0 bridgehead atoms. The van der Waals surface area contributed by atoms with Crippen molar-refractivity contribution in [1.29, 1.82) is 0 Å². The van der Waals surface area contributed by atoms with Gasteiger partial charge in [0, 0.05) is 18.1 Å². The van der Waals surface area contributed by atoms with Gasteiger partial charge in [0.25, 0.3) is 0 Å².